The molecule has 122 valence electrons. The standard InChI is InChI=1S/C17H12O7/c1-6-11-7(5-10(20)12(6)17(23)24-2)15(21)13-8(18)3-4-9(19)14(13)16(11)22/h3-5,18-20H,1-2H3. The lowest BCUT2D eigenvalue weighted by molar-refractivity contribution is 0.0596. The number of hydrogen-bond acceptors (Lipinski definition) is 7. The van der Waals surface area contributed by atoms with E-state index in [1.165, 1.54) is 6.92 Å². The van der Waals surface area contributed by atoms with Gasteiger partial charge in [-0.2, -0.15) is 0 Å². The van der Waals surface area contributed by atoms with E-state index in [0.29, 0.717) is 0 Å². The Kier molecular flexibility index (Phi) is 3.30. The summed E-state index contributed by atoms with van der Waals surface area (Å²) in [5, 5.41) is 29.9. The predicted molar refractivity (Wildman–Crippen MR) is 80.8 cm³/mol. The number of benzene rings is 2. The van der Waals surface area contributed by atoms with Gasteiger partial charge in [-0.25, -0.2) is 4.79 Å². The molecule has 0 saturated heterocycles. The number of rotatable bonds is 1. The molecule has 0 heterocycles. The molecular weight excluding hydrogens is 316 g/mol. The SMILES string of the molecule is COC(=O)c1c(O)cc2c(c1C)C(=O)c1c(O)ccc(O)c1C2=O. The van der Waals surface area contributed by atoms with Crippen molar-refractivity contribution in [3.8, 4) is 17.2 Å². The van der Waals surface area contributed by atoms with Crippen LogP contribution in [0.5, 0.6) is 17.2 Å². The van der Waals surface area contributed by atoms with E-state index in [2.05, 4.69) is 4.74 Å². The average molecular weight is 328 g/mol. The lowest BCUT2D eigenvalue weighted by Crippen LogP contribution is -2.24. The van der Waals surface area contributed by atoms with Crippen LogP contribution in [0.3, 0.4) is 0 Å². The molecule has 24 heavy (non-hydrogen) atoms. The summed E-state index contributed by atoms with van der Waals surface area (Å²) in [6.45, 7) is 1.39. The smallest absolute Gasteiger partial charge is 0.341 e. The Labute approximate surface area is 135 Å². The number of phenolic OH excluding ortho intramolecular Hbond substituents is 3. The fourth-order valence-electron chi connectivity index (χ4n) is 2.93. The van der Waals surface area contributed by atoms with E-state index in [1.807, 2.05) is 0 Å². The van der Waals surface area contributed by atoms with Gasteiger partial charge in [0, 0.05) is 11.1 Å². The highest BCUT2D eigenvalue weighted by molar-refractivity contribution is 6.31. The molecule has 3 rings (SSSR count). The highest BCUT2D eigenvalue weighted by Gasteiger charge is 2.37. The van der Waals surface area contributed by atoms with Crippen molar-refractivity contribution in [1.29, 1.82) is 0 Å². The summed E-state index contributed by atoms with van der Waals surface area (Å²) >= 11 is 0. The van der Waals surface area contributed by atoms with Gasteiger partial charge in [0.2, 0.25) is 0 Å². The van der Waals surface area contributed by atoms with Gasteiger partial charge in [-0.3, -0.25) is 9.59 Å². The largest absolute Gasteiger partial charge is 0.507 e. The maximum absolute atomic E-state index is 12.8. The van der Waals surface area contributed by atoms with Crippen molar-refractivity contribution in [1.82, 2.24) is 0 Å². The van der Waals surface area contributed by atoms with Gasteiger partial charge in [0.15, 0.2) is 11.6 Å². The molecule has 0 amide bonds. The van der Waals surface area contributed by atoms with Crippen LogP contribution in [0.25, 0.3) is 0 Å². The number of hydrogen-bond donors (Lipinski definition) is 3. The molecule has 1 aliphatic rings. The average Bonchev–Trinajstić information content (AvgIpc) is 2.53. The van der Waals surface area contributed by atoms with E-state index in [9.17, 15) is 29.7 Å². The molecule has 0 atom stereocenters. The normalized spacial score (nSPS) is 12.6. The van der Waals surface area contributed by atoms with Crippen LogP contribution in [-0.2, 0) is 4.74 Å². The van der Waals surface area contributed by atoms with Gasteiger partial charge in [-0.05, 0) is 30.7 Å². The first-order valence-electron chi connectivity index (χ1n) is 6.88. The Balaban J connectivity index is 2.40. The molecule has 0 saturated carbocycles. The van der Waals surface area contributed by atoms with Gasteiger partial charge in [0.05, 0.1) is 18.2 Å². The number of carbonyl (C=O) groups excluding carboxylic acids is 3. The minimum atomic E-state index is -0.862. The van der Waals surface area contributed by atoms with Crippen molar-refractivity contribution in [2.75, 3.05) is 7.11 Å². The number of aromatic hydroxyl groups is 3. The highest BCUT2D eigenvalue weighted by atomic mass is 16.5. The second kappa shape index (κ2) is 5.09. The quantitative estimate of drug-likeness (QED) is 0.459. The van der Waals surface area contributed by atoms with E-state index in [1.54, 1.807) is 0 Å². The van der Waals surface area contributed by atoms with Crippen molar-refractivity contribution in [2.45, 2.75) is 6.92 Å². The summed E-state index contributed by atoms with van der Waals surface area (Å²) < 4.78 is 4.58. The fourth-order valence-corrected chi connectivity index (χ4v) is 2.93. The zero-order valence-electron chi connectivity index (χ0n) is 12.7. The molecule has 7 nitrogen and oxygen atoms in total. The Bertz CT molecular complexity index is 941. The molecule has 3 N–H and O–H groups in total. The maximum atomic E-state index is 12.8. The monoisotopic (exact) mass is 328 g/mol. The first-order valence-corrected chi connectivity index (χ1v) is 6.88. The maximum Gasteiger partial charge on any atom is 0.341 e. The number of carbonyl (C=O) groups is 3. The van der Waals surface area contributed by atoms with Crippen LogP contribution in [-0.4, -0.2) is 40.0 Å². The van der Waals surface area contributed by atoms with Crippen molar-refractivity contribution >= 4 is 17.5 Å². The van der Waals surface area contributed by atoms with Crippen molar-refractivity contribution < 1.29 is 34.4 Å². The Hall–Kier alpha value is -3.35. The molecule has 0 aliphatic heterocycles. The summed E-state index contributed by atoms with van der Waals surface area (Å²) in [5.74, 6) is -3.75. The van der Waals surface area contributed by atoms with E-state index in [-0.39, 0.29) is 33.4 Å². The summed E-state index contributed by atoms with van der Waals surface area (Å²) in [6.07, 6.45) is 0. The summed E-state index contributed by atoms with van der Waals surface area (Å²) in [5.41, 5.74) is -1.12. The Morgan fingerprint density at radius 2 is 1.46 bits per heavy atom. The van der Waals surface area contributed by atoms with Crippen LogP contribution in [0, 0.1) is 6.92 Å². The van der Waals surface area contributed by atoms with Gasteiger partial charge in [0.1, 0.15) is 22.8 Å². The number of methoxy groups -OCH3 is 1. The fraction of sp³-hybridized carbons (Fsp3) is 0.118. The van der Waals surface area contributed by atoms with Crippen molar-refractivity contribution in [2.24, 2.45) is 0 Å². The third-order valence-electron chi connectivity index (χ3n) is 4.03. The van der Waals surface area contributed by atoms with Crippen LogP contribution in [0.15, 0.2) is 18.2 Å². The molecule has 0 fully saturated rings. The number of ketones is 2. The van der Waals surface area contributed by atoms with Crippen LogP contribution in [0.4, 0.5) is 0 Å². The third-order valence-corrected chi connectivity index (χ3v) is 4.03. The van der Waals surface area contributed by atoms with Crippen LogP contribution >= 0.6 is 0 Å². The Morgan fingerprint density at radius 1 is 0.917 bits per heavy atom. The van der Waals surface area contributed by atoms with E-state index in [4.69, 9.17) is 0 Å². The van der Waals surface area contributed by atoms with Gasteiger partial charge < -0.3 is 20.1 Å². The molecule has 2 aromatic rings. The first-order chi connectivity index (χ1) is 11.3. The molecule has 1 aliphatic carbocycles. The second-order valence-electron chi connectivity index (χ2n) is 5.32. The number of phenols is 3. The molecule has 0 radical (unpaired) electrons. The van der Waals surface area contributed by atoms with Gasteiger partial charge >= 0.3 is 5.97 Å². The van der Waals surface area contributed by atoms with Crippen LogP contribution in [0.1, 0.15) is 47.8 Å². The third kappa shape index (κ3) is 1.88. The van der Waals surface area contributed by atoms with Crippen LogP contribution < -0.4 is 0 Å². The topological polar surface area (TPSA) is 121 Å². The first kappa shape index (κ1) is 15.5. The summed E-state index contributed by atoms with van der Waals surface area (Å²) in [7, 11) is 1.12. The van der Waals surface area contributed by atoms with E-state index < -0.39 is 34.8 Å². The molecule has 0 spiro atoms. The molecule has 2 aromatic carbocycles. The lowest BCUT2D eigenvalue weighted by atomic mass is 9.79. The van der Waals surface area contributed by atoms with Gasteiger partial charge in [-0.15, -0.1) is 0 Å². The zero-order chi connectivity index (χ0) is 17.8. The van der Waals surface area contributed by atoms with Crippen LogP contribution in [0.2, 0.25) is 0 Å². The minimum Gasteiger partial charge on any atom is -0.507 e. The highest BCUT2D eigenvalue weighted by Crippen LogP contribution is 2.41. The van der Waals surface area contributed by atoms with Crippen molar-refractivity contribution in [3.63, 3.8) is 0 Å². The number of fused-ring (bicyclic) bond motifs is 2. The molecule has 0 bridgehead atoms. The molecule has 0 aromatic heterocycles. The van der Waals surface area contributed by atoms with Crippen molar-refractivity contribution in [3.05, 3.63) is 51.6 Å². The molecule has 7 heteroatoms. The molecule has 0 unspecified atom stereocenters. The van der Waals surface area contributed by atoms with E-state index >= 15 is 0 Å². The van der Waals surface area contributed by atoms with Gasteiger partial charge in [-0.1, -0.05) is 0 Å². The Morgan fingerprint density at radius 3 is 2.00 bits per heavy atom. The summed E-state index contributed by atoms with van der Waals surface area (Å²) in [6, 6.07) is 3.18. The van der Waals surface area contributed by atoms with E-state index in [0.717, 1.165) is 25.3 Å². The number of esters is 1. The summed E-state index contributed by atoms with van der Waals surface area (Å²) in [4.78, 5) is 37.2. The predicted octanol–water partition coefficient (Wildman–Crippen LogP) is 1.67. The minimum absolute atomic E-state index is 0.0589. The zero-order valence-corrected chi connectivity index (χ0v) is 12.7. The molecular formula is C17H12O7. The lowest BCUT2D eigenvalue weighted by Gasteiger charge is -2.22. The second-order valence-corrected chi connectivity index (χ2v) is 5.32. The van der Waals surface area contributed by atoms with Gasteiger partial charge in [0.25, 0.3) is 0 Å². The number of ether oxygens (including phenoxy) is 1.